The van der Waals surface area contributed by atoms with E-state index < -0.39 is 0 Å². The van der Waals surface area contributed by atoms with Gasteiger partial charge in [-0.05, 0) is 61.2 Å². The van der Waals surface area contributed by atoms with Crippen LogP contribution in [0.2, 0.25) is 0 Å². The first kappa shape index (κ1) is 23.6. The van der Waals surface area contributed by atoms with E-state index in [1.165, 1.54) is 5.56 Å². The number of aromatic nitrogens is 2. The van der Waals surface area contributed by atoms with Crippen molar-refractivity contribution >= 4 is 17.5 Å². The predicted octanol–water partition coefficient (Wildman–Crippen LogP) is 4.39. The lowest BCUT2D eigenvalue weighted by atomic mass is 9.95. The molecule has 1 fully saturated rings. The monoisotopic (exact) mass is 482 g/mol. The van der Waals surface area contributed by atoms with Crippen molar-refractivity contribution in [2.24, 2.45) is 5.92 Å². The number of imidazole rings is 1. The molecule has 2 amide bonds. The summed E-state index contributed by atoms with van der Waals surface area (Å²) >= 11 is 0. The average molecular weight is 483 g/mol. The van der Waals surface area contributed by atoms with Gasteiger partial charge in [-0.25, -0.2) is 4.98 Å². The molecule has 0 radical (unpaired) electrons. The molecule has 1 saturated heterocycles. The van der Waals surface area contributed by atoms with Crippen LogP contribution in [0.1, 0.15) is 40.0 Å². The summed E-state index contributed by atoms with van der Waals surface area (Å²) in [5.41, 5.74) is 4.61. The molecule has 7 heteroatoms. The second kappa shape index (κ2) is 10.6. The van der Waals surface area contributed by atoms with Crippen LogP contribution in [0.25, 0.3) is 5.65 Å². The number of likely N-dealkylation sites (tertiary alicyclic amines) is 1. The first-order chi connectivity index (χ1) is 17.5. The molecule has 1 aliphatic heterocycles. The number of fused-ring (bicyclic) bond motifs is 1. The van der Waals surface area contributed by atoms with E-state index >= 15 is 0 Å². The zero-order valence-electron chi connectivity index (χ0n) is 20.4. The minimum absolute atomic E-state index is 0.0135. The molecule has 0 bridgehead atoms. The molecule has 0 spiro atoms. The molecule has 1 N–H and O–H groups in total. The van der Waals surface area contributed by atoms with Gasteiger partial charge in [0.2, 0.25) is 5.91 Å². The zero-order valence-corrected chi connectivity index (χ0v) is 20.4. The smallest absolute Gasteiger partial charge is 0.253 e. The SMILES string of the molecule is Cc1ccc2nc(COc3ccc(C(=O)N4CCC(C(=O)NCc5ccccc5)CC4)cc3)cn2c1. The fourth-order valence-corrected chi connectivity index (χ4v) is 4.53. The van der Waals surface area contributed by atoms with Gasteiger partial charge in [0, 0.05) is 43.5 Å². The van der Waals surface area contributed by atoms with Crippen molar-refractivity contribution in [2.45, 2.75) is 32.9 Å². The number of benzene rings is 2. The molecule has 5 rings (SSSR count). The Morgan fingerprint density at radius 1 is 0.972 bits per heavy atom. The lowest BCUT2D eigenvalue weighted by molar-refractivity contribution is -0.126. The summed E-state index contributed by atoms with van der Waals surface area (Å²) in [6, 6.07) is 21.1. The van der Waals surface area contributed by atoms with E-state index in [1.54, 1.807) is 12.1 Å². The van der Waals surface area contributed by atoms with Crippen LogP contribution in [0.4, 0.5) is 0 Å². The topological polar surface area (TPSA) is 75.9 Å². The Bertz CT molecular complexity index is 1340. The Labute approximate surface area is 210 Å². The number of hydrogen-bond donors (Lipinski definition) is 1. The third-order valence-electron chi connectivity index (χ3n) is 6.60. The second-order valence-electron chi connectivity index (χ2n) is 9.29. The Morgan fingerprint density at radius 3 is 2.47 bits per heavy atom. The van der Waals surface area contributed by atoms with Crippen LogP contribution in [0.15, 0.2) is 79.1 Å². The third-order valence-corrected chi connectivity index (χ3v) is 6.60. The Morgan fingerprint density at radius 2 is 1.72 bits per heavy atom. The number of ether oxygens (including phenoxy) is 1. The van der Waals surface area contributed by atoms with Crippen LogP contribution in [0, 0.1) is 12.8 Å². The van der Waals surface area contributed by atoms with Gasteiger partial charge in [-0.1, -0.05) is 36.4 Å². The largest absolute Gasteiger partial charge is 0.487 e. The van der Waals surface area contributed by atoms with Crippen molar-refractivity contribution in [1.29, 1.82) is 0 Å². The number of nitrogens with zero attached hydrogens (tertiary/aromatic N) is 3. The normalized spacial score (nSPS) is 14.1. The van der Waals surface area contributed by atoms with Crippen LogP contribution in [-0.2, 0) is 17.9 Å². The van der Waals surface area contributed by atoms with Gasteiger partial charge >= 0.3 is 0 Å². The third kappa shape index (κ3) is 5.57. The van der Waals surface area contributed by atoms with Gasteiger partial charge in [-0.15, -0.1) is 0 Å². The molecule has 2 aromatic heterocycles. The Balaban J connectivity index is 1.09. The minimum atomic E-state index is -0.0583. The van der Waals surface area contributed by atoms with Gasteiger partial charge in [-0.2, -0.15) is 0 Å². The number of carbonyl (C=O) groups is 2. The van der Waals surface area contributed by atoms with E-state index in [0.717, 1.165) is 16.9 Å². The van der Waals surface area contributed by atoms with E-state index in [9.17, 15) is 9.59 Å². The molecule has 2 aromatic carbocycles. The number of pyridine rings is 1. The highest BCUT2D eigenvalue weighted by Gasteiger charge is 2.27. The van der Waals surface area contributed by atoms with Crippen molar-refractivity contribution in [1.82, 2.24) is 19.6 Å². The molecule has 0 unspecified atom stereocenters. The molecule has 184 valence electrons. The van der Waals surface area contributed by atoms with Crippen molar-refractivity contribution in [2.75, 3.05) is 13.1 Å². The number of nitrogens with one attached hydrogen (secondary N) is 1. The van der Waals surface area contributed by atoms with E-state index in [4.69, 9.17) is 4.74 Å². The van der Waals surface area contributed by atoms with Gasteiger partial charge < -0.3 is 19.4 Å². The molecule has 7 nitrogen and oxygen atoms in total. The maximum atomic E-state index is 13.0. The first-order valence-corrected chi connectivity index (χ1v) is 12.3. The molecular weight excluding hydrogens is 452 g/mol. The Kier molecular flexibility index (Phi) is 6.98. The lowest BCUT2D eigenvalue weighted by Crippen LogP contribution is -2.42. The number of amides is 2. The van der Waals surface area contributed by atoms with Crippen LogP contribution >= 0.6 is 0 Å². The minimum Gasteiger partial charge on any atom is -0.487 e. The predicted molar refractivity (Wildman–Crippen MR) is 138 cm³/mol. The summed E-state index contributed by atoms with van der Waals surface area (Å²) < 4.78 is 7.87. The van der Waals surface area contributed by atoms with Gasteiger partial charge in [0.15, 0.2) is 0 Å². The summed E-state index contributed by atoms with van der Waals surface area (Å²) in [4.78, 5) is 31.9. The summed E-state index contributed by atoms with van der Waals surface area (Å²) in [5.74, 6) is 0.680. The first-order valence-electron chi connectivity index (χ1n) is 12.3. The molecule has 0 atom stereocenters. The maximum absolute atomic E-state index is 13.0. The molecule has 36 heavy (non-hydrogen) atoms. The van der Waals surface area contributed by atoms with Gasteiger partial charge in [-0.3, -0.25) is 9.59 Å². The van der Waals surface area contributed by atoms with Crippen LogP contribution in [0.5, 0.6) is 5.75 Å². The van der Waals surface area contributed by atoms with Crippen molar-refractivity contribution in [3.05, 3.63) is 102 Å². The van der Waals surface area contributed by atoms with E-state index in [0.29, 0.717) is 50.4 Å². The second-order valence-corrected chi connectivity index (χ2v) is 9.29. The van der Waals surface area contributed by atoms with Gasteiger partial charge in [0.25, 0.3) is 5.91 Å². The number of piperidine rings is 1. The quantitative estimate of drug-likeness (QED) is 0.424. The van der Waals surface area contributed by atoms with Gasteiger partial charge in [0.05, 0.1) is 5.69 Å². The summed E-state index contributed by atoms with van der Waals surface area (Å²) in [6.07, 6.45) is 5.34. The van der Waals surface area contributed by atoms with Crippen LogP contribution in [0.3, 0.4) is 0 Å². The number of hydrogen-bond acceptors (Lipinski definition) is 4. The fourth-order valence-electron chi connectivity index (χ4n) is 4.53. The molecule has 1 aliphatic rings. The maximum Gasteiger partial charge on any atom is 0.253 e. The molecular formula is C29H30N4O3. The fraction of sp³-hybridized carbons (Fsp3) is 0.276. The standard InChI is InChI=1S/C29H30N4O3/c1-21-7-12-27-31-25(19-33(27)18-21)20-36-26-10-8-24(9-11-26)29(35)32-15-13-23(14-16-32)28(34)30-17-22-5-3-2-4-6-22/h2-12,18-19,23H,13-17,20H2,1H3,(H,30,34). The highest BCUT2D eigenvalue weighted by atomic mass is 16.5. The molecule has 4 aromatic rings. The van der Waals surface area contributed by atoms with Crippen molar-refractivity contribution in [3.63, 3.8) is 0 Å². The van der Waals surface area contributed by atoms with E-state index in [2.05, 4.69) is 10.3 Å². The molecule has 3 heterocycles. The Hall–Kier alpha value is -4.13. The van der Waals surface area contributed by atoms with Crippen LogP contribution < -0.4 is 10.1 Å². The van der Waals surface area contributed by atoms with Gasteiger partial charge in [0.1, 0.15) is 18.0 Å². The summed E-state index contributed by atoms with van der Waals surface area (Å²) in [5, 5.41) is 3.02. The zero-order chi connectivity index (χ0) is 24.9. The molecule has 0 aliphatic carbocycles. The van der Waals surface area contributed by atoms with Crippen LogP contribution in [-0.4, -0.2) is 39.2 Å². The molecule has 0 saturated carbocycles. The summed E-state index contributed by atoms with van der Waals surface area (Å²) in [6.45, 7) is 4.09. The van der Waals surface area contributed by atoms with Crippen molar-refractivity contribution in [3.8, 4) is 5.75 Å². The number of aryl methyl sites for hydroxylation is 1. The lowest BCUT2D eigenvalue weighted by Gasteiger charge is -2.31. The number of carbonyl (C=O) groups excluding carboxylic acids is 2. The van der Waals surface area contributed by atoms with Crippen molar-refractivity contribution < 1.29 is 14.3 Å². The average Bonchev–Trinajstić information content (AvgIpc) is 3.33. The highest BCUT2D eigenvalue weighted by molar-refractivity contribution is 5.94. The number of rotatable bonds is 7. The highest BCUT2D eigenvalue weighted by Crippen LogP contribution is 2.21. The van der Waals surface area contributed by atoms with E-state index in [1.807, 2.05) is 83.2 Å². The van der Waals surface area contributed by atoms with E-state index in [-0.39, 0.29) is 17.7 Å². The summed E-state index contributed by atoms with van der Waals surface area (Å²) in [7, 11) is 0.